The first-order valence-electron chi connectivity index (χ1n) is 11.2. The standard InChI is InChI=1S/C24H22Cl2FN3O4/c25-14-7-8-16-18(11-14)28-23(32)24(16)20(15-5-2-6-17(26)21(15)27)22(30(33)34)19(9-10-31)29(24)12-13-3-1-4-13/h2,5-8,10-11,13,19-20,22H,1,3-4,9,12H2,(H,28,32)/t19-,20-,22+,24+/m0/s1. The fourth-order valence-electron chi connectivity index (χ4n) is 6.01. The number of fused-ring (bicyclic) bond motifs is 2. The zero-order chi connectivity index (χ0) is 24.2. The molecule has 1 saturated carbocycles. The largest absolute Gasteiger partial charge is 0.324 e. The van der Waals surface area contributed by atoms with Crippen LogP contribution in [0.5, 0.6) is 0 Å². The number of hydrogen-bond acceptors (Lipinski definition) is 5. The van der Waals surface area contributed by atoms with Crippen LogP contribution in [0.25, 0.3) is 0 Å². The Bertz CT molecular complexity index is 1190. The van der Waals surface area contributed by atoms with Gasteiger partial charge in [-0.2, -0.15) is 0 Å². The van der Waals surface area contributed by atoms with Crippen LogP contribution in [0, 0.1) is 21.8 Å². The molecule has 4 atom stereocenters. The number of likely N-dealkylation sites (tertiary alicyclic amines) is 1. The van der Waals surface area contributed by atoms with Crippen molar-refractivity contribution in [2.24, 2.45) is 5.92 Å². The Morgan fingerprint density at radius 3 is 2.68 bits per heavy atom. The van der Waals surface area contributed by atoms with Crippen molar-refractivity contribution >= 4 is 41.1 Å². The molecule has 2 aromatic rings. The number of hydrogen-bond donors (Lipinski definition) is 1. The monoisotopic (exact) mass is 505 g/mol. The van der Waals surface area contributed by atoms with Gasteiger partial charge in [-0.15, -0.1) is 0 Å². The number of nitrogens with one attached hydrogen (secondary N) is 1. The first-order valence-corrected chi connectivity index (χ1v) is 12.0. The summed E-state index contributed by atoms with van der Waals surface area (Å²) < 4.78 is 15.5. The average Bonchev–Trinajstić information content (AvgIpc) is 3.19. The van der Waals surface area contributed by atoms with Crippen molar-refractivity contribution in [3.8, 4) is 0 Å². The van der Waals surface area contributed by atoms with Crippen molar-refractivity contribution in [1.82, 2.24) is 4.90 Å². The van der Waals surface area contributed by atoms with Gasteiger partial charge in [0.15, 0.2) is 0 Å². The highest BCUT2D eigenvalue weighted by atomic mass is 35.5. The Morgan fingerprint density at radius 1 is 1.26 bits per heavy atom. The minimum atomic E-state index is -1.59. The maximum atomic E-state index is 15.5. The maximum absolute atomic E-state index is 15.5. The van der Waals surface area contributed by atoms with E-state index in [1.165, 1.54) is 18.2 Å². The lowest BCUT2D eigenvalue weighted by Gasteiger charge is -2.42. The van der Waals surface area contributed by atoms with Crippen molar-refractivity contribution in [3.05, 3.63) is 73.5 Å². The molecule has 1 aliphatic carbocycles. The van der Waals surface area contributed by atoms with Crippen LogP contribution in [0.15, 0.2) is 36.4 Å². The van der Waals surface area contributed by atoms with Gasteiger partial charge in [-0.05, 0) is 37.0 Å². The highest BCUT2D eigenvalue weighted by molar-refractivity contribution is 6.31. The van der Waals surface area contributed by atoms with E-state index < -0.39 is 40.2 Å². The SMILES string of the molecule is O=CC[C@H]1[C@@H]([N+](=O)[O-])[C@H](c2cccc(Cl)c2F)[C@]2(C(=O)Nc3cc(Cl)ccc32)N1CC1CCC1. The molecule has 0 unspecified atom stereocenters. The molecule has 2 heterocycles. The van der Waals surface area contributed by atoms with Gasteiger partial charge >= 0.3 is 0 Å². The number of nitrogens with zero attached hydrogens (tertiary/aromatic N) is 2. The summed E-state index contributed by atoms with van der Waals surface area (Å²) in [6.45, 7) is 0.386. The number of rotatable bonds is 6. The molecule has 1 N–H and O–H groups in total. The van der Waals surface area contributed by atoms with E-state index in [1.807, 2.05) is 0 Å². The van der Waals surface area contributed by atoms with Crippen LogP contribution in [-0.4, -0.2) is 40.6 Å². The fraction of sp³-hybridized carbons (Fsp3) is 0.417. The van der Waals surface area contributed by atoms with E-state index in [2.05, 4.69) is 5.32 Å². The lowest BCUT2D eigenvalue weighted by Crippen LogP contribution is -2.54. The molecule has 2 aliphatic heterocycles. The Balaban J connectivity index is 1.82. The average molecular weight is 506 g/mol. The molecular formula is C24H22Cl2FN3O4. The molecule has 0 bridgehead atoms. The lowest BCUT2D eigenvalue weighted by molar-refractivity contribution is -0.528. The van der Waals surface area contributed by atoms with Gasteiger partial charge in [0, 0.05) is 39.7 Å². The molecule has 2 fully saturated rings. The van der Waals surface area contributed by atoms with Crippen molar-refractivity contribution in [2.45, 2.75) is 49.2 Å². The normalized spacial score (nSPS) is 28.6. The fourth-order valence-corrected chi connectivity index (χ4v) is 6.36. The molecule has 0 radical (unpaired) electrons. The molecule has 1 saturated heterocycles. The van der Waals surface area contributed by atoms with Crippen LogP contribution in [0.2, 0.25) is 10.0 Å². The molecule has 5 rings (SSSR count). The van der Waals surface area contributed by atoms with Gasteiger partial charge < -0.3 is 10.1 Å². The van der Waals surface area contributed by atoms with E-state index in [0.717, 1.165) is 19.3 Å². The summed E-state index contributed by atoms with van der Waals surface area (Å²) in [6, 6.07) is 6.88. The van der Waals surface area contributed by atoms with Crippen LogP contribution in [-0.2, 0) is 15.1 Å². The van der Waals surface area contributed by atoms with Gasteiger partial charge in [0.2, 0.25) is 6.04 Å². The first-order chi connectivity index (χ1) is 16.3. The number of halogens is 3. The summed E-state index contributed by atoms with van der Waals surface area (Å²) in [7, 11) is 0. The van der Waals surface area contributed by atoms with Crippen molar-refractivity contribution in [1.29, 1.82) is 0 Å². The number of nitro groups is 1. The summed E-state index contributed by atoms with van der Waals surface area (Å²) in [6.07, 6.45) is 3.36. The third kappa shape index (κ3) is 3.26. The molecule has 0 aromatic heterocycles. The van der Waals surface area contributed by atoms with Gasteiger partial charge in [-0.1, -0.05) is 47.8 Å². The second-order valence-corrected chi connectivity index (χ2v) is 10.1. The molecule has 34 heavy (non-hydrogen) atoms. The van der Waals surface area contributed by atoms with E-state index >= 15 is 4.39 Å². The molecule has 7 nitrogen and oxygen atoms in total. The molecule has 178 valence electrons. The third-order valence-electron chi connectivity index (χ3n) is 7.60. The van der Waals surface area contributed by atoms with Gasteiger partial charge in [-0.3, -0.25) is 19.8 Å². The minimum Gasteiger partial charge on any atom is -0.324 e. The lowest BCUT2D eigenvalue weighted by atomic mass is 9.73. The predicted molar refractivity (Wildman–Crippen MR) is 125 cm³/mol. The second kappa shape index (κ2) is 8.59. The topological polar surface area (TPSA) is 92.5 Å². The number of carbonyl (C=O) groups is 2. The molecule has 3 aliphatic rings. The predicted octanol–water partition coefficient (Wildman–Crippen LogP) is 4.78. The van der Waals surface area contributed by atoms with E-state index in [1.54, 1.807) is 23.1 Å². The van der Waals surface area contributed by atoms with Crippen molar-refractivity contribution in [2.75, 3.05) is 11.9 Å². The third-order valence-corrected chi connectivity index (χ3v) is 8.13. The van der Waals surface area contributed by atoms with E-state index in [-0.39, 0.29) is 22.9 Å². The Labute approximate surface area is 205 Å². The molecule has 10 heteroatoms. The molecule has 2 aromatic carbocycles. The van der Waals surface area contributed by atoms with Crippen LogP contribution in [0.1, 0.15) is 42.7 Å². The van der Waals surface area contributed by atoms with Gasteiger partial charge in [0.25, 0.3) is 5.91 Å². The van der Waals surface area contributed by atoms with Crippen LogP contribution in [0.3, 0.4) is 0 Å². The van der Waals surface area contributed by atoms with E-state index in [0.29, 0.717) is 29.1 Å². The number of benzene rings is 2. The quantitative estimate of drug-likeness (QED) is 0.346. The maximum Gasteiger partial charge on any atom is 0.250 e. The number of amides is 1. The Hall–Kier alpha value is -2.55. The van der Waals surface area contributed by atoms with E-state index in [9.17, 15) is 19.7 Å². The molecule has 1 amide bonds. The van der Waals surface area contributed by atoms with Gasteiger partial charge in [0.1, 0.15) is 17.6 Å². The Morgan fingerprint density at radius 2 is 2.03 bits per heavy atom. The number of anilines is 1. The molecule has 1 spiro atoms. The van der Waals surface area contributed by atoms with Crippen LogP contribution in [0.4, 0.5) is 10.1 Å². The summed E-state index contributed by atoms with van der Waals surface area (Å²) in [5.41, 5.74) is -0.686. The zero-order valence-corrected chi connectivity index (χ0v) is 19.6. The number of carbonyl (C=O) groups excluding carboxylic acids is 2. The van der Waals surface area contributed by atoms with Gasteiger partial charge in [-0.25, -0.2) is 4.39 Å². The summed E-state index contributed by atoms with van der Waals surface area (Å²) in [5.74, 6) is -2.28. The summed E-state index contributed by atoms with van der Waals surface area (Å²) in [4.78, 5) is 39.5. The van der Waals surface area contributed by atoms with Crippen molar-refractivity contribution < 1.29 is 18.9 Å². The summed E-state index contributed by atoms with van der Waals surface area (Å²) >= 11 is 12.3. The minimum absolute atomic E-state index is 0.0147. The van der Waals surface area contributed by atoms with Crippen molar-refractivity contribution in [3.63, 3.8) is 0 Å². The van der Waals surface area contributed by atoms with E-state index in [4.69, 9.17) is 23.2 Å². The highest BCUT2D eigenvalue weighted by Crippen LogP contribution is 2.59. The Kier molecular flexibility index (Phi) is 5.86. The first kappa shape index (κ1) is 23.2. The van der Waals surface area contributed by atoms with Crippen LogP contribution >= 0.6 is 23.2 Å². The molecular weight excluding hydrogens is 484 g/mol. The van der Waals surface area contributed by atoms with Gasteiger partial charge in [0.05, 0.1) is 17.0 Å². The zero-order valence-electron chi connectivity index (χ0n) is 18.0. The second-order valence-electron chi connectivity index (χ2n) is 9.23. The van der Waals surface area contributed by atoms with Crippen LogP contribution < -0.4 is 5.32 Å². The summed E-state index contributed by atoms with van der Waals surface area (Å²) in [5, 5.41) is 15.6. The smallest absolute Gasteiger partial charge is 0.250 e. The number of aldehydes is 1. The highest BCUT2D eigenvalue weighted by Gasteiger charge is 2.71.